The van der Waals surface area contributed by atoms with Crippen molar-refractivity contribution >= 4 is 5.82 Å². The molecule has 21 heavy (non-hydrogen) atoms. The van der Waals surface area contributed by atoms with Crippen LogP contribution in [0.4, 0.5) is 5.82 Å². The molecule has 0 atom stereocenters. The van der Waals surface area contributed by atoms with Crippen LogP contribution >= 0.6 is 0 Å². The van der Waals surface area contributed by atoms with Gasteiger partial charge in [-0.3, -0.25) is 0 Å². The van der Waals surface area contributed by atoms with Gasteiger partial charge < -0.3 is 15.1 Å². The molecule has 2 fully saturated rings. The molecule has 0 saturated carbocycles. The maximum absolute atomic E-state index is 4.59. The largest absolute Gasteiger partial charge is 0.352 e. The Bertz CT molecular complexity index is 540. The third-order valence-electron chi connectivity index (χ3n) is 4.39. The zero-order chi connectivity index (χ0) is 15.0. The molecule has 0 unspecified atom stereocenters. The molecule has 3 rings (SSSR count). The molecular formula is C17H24N4. The van der Waals surface area contributed by atoms with E-state index in [1.165, 1.54) is 5.56 Å². The molecule has 0 amide bonds. The van der Waals surface area contributed by atoms with Gasteiger partial charge in [0.1, 0.15) is 5.82 Å². The van der Waals surface area contributed by atoms with E-state index in [2.05, 4.69) is 59.2 Å². The highest BCUT2D eigenvalue weighted by Gasteiger charge is 2.34. The number of nitrogens with one attached hydrogen (secondary N) is 1. The quantitative estimate of drug-likeness (QED) is 0.924. The summed E-state index contributed by atoms with van der Waals surface area (Å²) in [6.07, 6.45) is 3.00. The lowest BCUT2D eigenvalue weighted by Gasteiger charge is -2.49. The van der Waals surface area contributed by atoms with E-state index in [-0.39, 0.29) is 0 Å². The number of pyridine rings is 1. The maximum atomic E-state index is 4.59. The molecule has 2 aliphatic rings. The van der Waals surface area contributed by atoms with E-state index in [0.717, 1.165) is 43.4 Å². The Morgan fingerprint density at radius 1 is 1.29 bits per heavy atom. The van der Waals surface area contributed by atoms with Crippen molar-refractivity contribution in [3.63, 3.8) is 0 Å². The Morgan fingerprint density at radius 3 is 2.62 bits per heavy atom. The average Bonchev–Trinajstić information content (AvgIpc) is 2.40. The predicted molar refractivity (Wildman–Crippen MR) is 87.1 cm³/mol. The van der Waals surface area contributed by atoms with Crippen molar-refractivity contribution in [1.82, 2.24) is 15.2 Å². The summed E-state index contributed by atoms with van der Waals surface area (Å²) in [4.78, 5) is 9.27. The molecule has 1 aromatic rings. The van der Waals surface area contributed by atoms with Crippen molar-refractivity contribution in [2.75, 3.05) is 24.5 Å². The molecule has 0 spiro atoms. The van der Waals surface area contributed by atoms with Gasteiger partial charge in [-0.05, 0) is 17.5 Å². The van der Waals surface area contributed by atoms with Crippen LogP contribution in [-0.2, 0) is 0 Å². The molecule has 3 heterocycles. The topological polar surface area (TPSA) is 31.4 Å². The summed E-state index contributed by atoms with van der Waals surface area (Å²) >= 11 is 0. The van der Waals surface area contributed by atoms with Gasteiger partial charge in [-0.25, -0.2) is 4.98 Å². The number of anilines is 1. The van der Waals surface area contributed by atoms with Crippen LogP contribution in [0, 0.1) is 0 Å². The van der Waals surface area contributed by atoms with Gasteiger partial charge in [0.05, 0.1) is 11.9 Å². The minimum atomic E-state index is 0.532. The Kier molecular flexibility index (Phi) is 3.62. The van der Waals surface area contributed by atoms with Crippen LogP contribution in [-0.4, -0.2) is 35.6 Å². The van der Waals surface area contributed by atoms with Crippen LogP contribution in [0.15, 0.2) is 43.0 Å². The van der Waals surface area contributed by atoms with Gasteiger partial charge in [-0.1, -0.05) is 33.1 Å². The standard InChI is InChI=1S/C17H24N4/c1-12(2)15-5-6-17(18-9-15)20-10-16(11-20)21-8-7-13(3)19-14(21)4/h5-6,9,12,16,19H,3-4,7-8,10-11H2,1-2H3. The molecule has 0 aliphatic carbocycles. The van der Waals surface area contributed by atoms with Crippen molar-refractivity contribution in [3.8, 4) is 0 Å². The monoisotopic (exact) mass is 284 g/mol. The van der Waals surface area contributed by atoms with E-state index < -0.39 is 0 Å². The molecule has 0 aromatic carbocycles. The maximum Gasteiger partial charge on any atom is 0.128 e. The molecule has 4 nitrogen and oxygen atoms in total. The zero-order valence-corrected chi connectivity index (χ0v) is 13.0. The highest BCUT2D eigenvalue weighted by molar-refractivity contribution is 5.44. The number of rotatable bonds is 3. The summed E-state index contributed by atoms with van der Waals surface area (Å²) < 4.78 is 0. The van der Waals surface area contributed by atoms with E-state index in [4.69, 9.17) is 0 Å². The first kappa shape index (κ1) is 14.0. The second kappa shape index (κ2) is 5.43. The van der Waals surface area contributed by atoms with Crippen molar-refractivity contribution in [3.05, 3.63) is 48.6 Å². The molecule has 112 valence electrons. The lowest BCUT2D eigenvalue weighted by atomic mass is 10.0. The Balaban J connectivity index is 1.58. The lowest BCUT2D eigenvalue weighted by molar-refractivity contribution is 0.191. The van der Waals surface area contributed by atoms with E-state index in [1.807, 2.05) is 6.20 Å². The van der Waals surface area contributed by atoms with E-state index in [9.17, 15) is 0 Å². The number of nitrogens with zero attached hydrogens (tertiary/aromatic N) is 3. The Labute approximate surface area is 127 Å². The zero-order valence-electron chi connectivity index (χ0n) is 13.0. The number of hydrogen-bond acceptors (Lipinski definition) is 4. The van der Waals surface area contributed by atoms with E-state index in [1.54, 1.807) is 0 Å². The second-order valence-corrected chi connectivity index (χ2v) is 6.28. The van der Waals surface area contributed by atoms with Crippen molar-refractivity contribution in [2.24, 2.45) is 0 Å². The predicted octanol–water partition coefficient (Wildman–Crippen LogP) is 2.67. The van der Waals surface area contributed by atoms with E-state index in [0.29, 0.717) is 12.0 Å². The fourth-order valence-electron chi connectivity index (χ4n) is 2.90. The summed E-state index contributed by atoms with van der Waals surface area (Å²) in [6, 6.07) is 4.85. The normalized spacial score (nSPS) is 19.8. The van der Waals surface area contributed by atoms with Gasteiger partial charge in [0.2, 0.25) is 0 Å². The van der Waals surface area contributed by atoms with Crippen LogP contribution < -0.4 is 10.2 Å². The highest BCUT2D eigenvalue weighted by Crippen LogP contribution is 2.26. The molecule has 0 bridgehead atoms. The molecule has 4 heteroatoms. The molecule has 1 aromatic heterocycles. The Morgan fingerprint density at radius 2 is 2.05 bits per heavy atom. The first-order valence-electron chi connectivity index (χ1n) is 7.66. The third kappa shape index (κ3) is 2.75. The Hall–Kier alpha value is -1.97. The SMILES string of the molecule is C=C1CCN(C2CN(c3ccc(C(C)C)cn3)C2)C(=C)N1. The van der Waals surface area contributed by atoms with Crippen molar-refractivity contribution in [2.45, 2.75) is 32.2 Å². The lowest BCUT2D eigenvalue weighted by Crippen LogP contribution is -2.61. The summed E-state index contributed by atoms with van der Waals surface area (Å²) in [5.74, 6) is 2.60. The fraction of sp³-hybridized carbons (Fsp3) is 0.471. The second-order valence-electron chi connectivity index (χ2n) is 6.28. The minimum absolute atomic E-state index is 0.532. The molecular weight excluding hydrogens is 260 g/mol. The first-order valence-corrected chi connectivity index (χ1v) is 7.66. The van der Waals surface area contributed by atoms with Gasteiger partial charge in [0, 0.05) is 37.9 Å². The first-order chi connectivity index (χ1) is 10.0. The van der Waals surface area contributed by atoms with Crippen LogP contribution in [0.5, 0.6) is 0 Å². The van der Waals surface area contributed by atoms with Gasteiger partial charge >= 0.3 is 0 Å². The van der Waals surface area contributed by atoms with Gasteiger partial charge in [-0.2, -0.15) is 0 Å². The van der Waals surface area contributed by atoms with Crippen LogP contribution in [0.2, 0.25) is 0 Å². The summed E-state index contributed by atoms with van der Waals surface area (Å²) in [5.41, 5.74) is 2.36. The summed E-state index contributed by atoms with van der Waals surface area (Å²) in [6.45, 7) is 15.5. The van der Waals surface area contributed by atoms with Crippen molar-refractivity contribution in [1.29, 1.82) is 0 Å². The average molecular weight is 284 g/mol. The number of aromatic nitrogens is 1. The minimum Gasteiger partial charge on any atom is -0.352 e. The van der Waals surface area contributed by atoms with Crippen LogP contribution in [0.1, 0.15) is 31.7 Å². The number of hydrogen-bond donors (Lipinski definition) is 1. The molecule has 2 saturated heterocycles. The van der Waals surface area contributed by atoms with E-state index >= 15 is 0 Å². The summed E-state index contributed by atoms with van der Waals surface area (Å²) in [7, 11) is 0. The third-order valence-corrected chi connectivity index (χ3v) is 4.39. The van der Waals surface area contributed by atoms with Gasteiger partial charge in [-0.15, -0.1) is 0 Å². The smallest absolute Gasteiger partial charge is 0.128 e. The molecule has 1 N–H and O–H groups in total. The molecule has 0 radical (unpaired) electrons. The molecule has 2 aliphatic heterocycles. The van der Waals surface area contributed by atoms with Gasteiger partial charge in [0.15, 0.2) is 0 Å². The van der Waals surface area contributed by atoms with Gasteiger partial charge in [0.25, 0.3) is 0 Å². The highest BCUT2D eigenvalue weighted by atomic mass is 15.4. The van der Waals surface area contributed by atoms with Crippen molar-refractivity contribution < 1.29 is 0 Å². The summed E-state index contributed by atoms with van der Waals surface area (Å²) in [5, 5.41) is 3.26. The van der Waals surface area contributed by atoms with Crippen LogP contribution in [0.25, 0.3) is 0 Å². The van der Waals surface area contributed by atoms with Crippen LogP contribution in [0.3, 0.4) is 0 Å². The fourth-order valence-corrected chi connectivity index (χ4v) is 2.90.